The van der Waals surface area contributed by atoms with Gasteiger partial charge < -0.3 is 9.42 Å². The van der Waals surface area contributed by atoms with Crippen LogP contribution in [0.2, 0.25) is 0 Å². The lowest BCUT2D eigenvalue weighted by atomic mass is 9.81. The third-order valence-corrected chi connectivity index (χ3v) is 7.07. The van der Waals surface area contributed by atoms with Crippen molar-refractivity contribution < 1.29 is 9.32 Å². The van der Waals surface area contributed by atoms with Crippen LogP contribution in [0.1, 0.15) is 32.6 Å². The molecule has 0 saturated carbocycles. The highest BCUT2D eigenvalue weighted by atomic mass is 32.1. The molecule has 2 fully saturated rings. The van der Waals surface area contributed by atoms with Gasteiger partial charge in [-0.3, -0.25) is 9.69 Å². The first-order valence-electron chi connectivity index (χ1n) is 9.81. The van der Waals surface area contributed by atoms with Crippen molar-refractivity contribution in [3.05, 3.63) is 63.7 Å². The van der Waals surface area contributed by atoms with Crippen LogP contribution in [0.3, 0.4) is 0 Å². The summed E-state index contributed by atoms with van der Waals surface area (Å²) in [5.74, 6) is 1.63. The summed E-state index contributed by atoms with van der Waals surface area (Å²) in [5.41, 5.74) is 3.40. The molecule has 5 rings (SSSR count). The van der Waals surface area contributed by atoms with Gasteiger partial charge in [0.1, 0.15) is 0 Å². The predicted molar refractivity (Wildman–Crippen MR) is 109 cm³/mol. The molecule has 2 aliphatic rings. The Kier molecular flexibility index (Phi) is 4.48. The van der Waals surface area contributed by atoms with Gasteiger partial charge in [-0.2, -0.15) is 4.98 Å². The van der Waals surface area contributed by atoms with Gasteiger partial charge in [0.05, 0.1) is 16.6 Å². The number of likely N-dealkylation sites (tertiary alicyclic amines) is 2. The SMILES string of the molecule is Cc1noc([C@]23CN(Cc4scnc4C)C[C@H]2CN(C(=O)c2ccccc2)C3)n1. The number of thiazole rings is 1. The van der Waals surface area contributed by atoms with E-state index >= 15 is 0 Å². The highest BCUT2D eigenvalue weighted by Crippen LogP contribution is 2.45. The molecule has 0 unspecified atom stereocenters. The monoisotopic (exact) mass is 409 g/mol. The number of amides is 1. The van der Waals surface area contributed by atoms with Crippen molar-refractivity contribution in [2.24, 2.45) is 5.92 Å². The second kappa shape index (κ2) is 7.03. The summed E-state index contributed by atoms with van der Waals surface area (Å²) in [5, 5.41) is 4.04. The Hall–Kier alpha value is -2.58. The Balaban J connectivity index is 1.42. The quantitative estimate of drug-likeness (QED) is 0.660. The van der Waals surface area contributed by atoms with Gasteiger partial charge >= 0.3 is 0 Å². The fourth-order valence-corrected chi connectivity index (χ4v) is 5.51. The summed E-state index contributed by atoms with van der Waals surface area (Å²) in [4.78, 5) is 27.7. The van der Waals surface area contributed by atoms with Gasteiger partial charge in [-0.25, -0.2) is 4.98 Å². The van der Waals surface area contributed by atoms with Gasteiger partial charge in [-0.1, -0.05) is 23.4 Å². The maximum Gasteiger partial charge on any atom is 0.253 e. The van der Waals surface area contributed by atoms with Crippen LogP contribution in [0, 0.1) is 19.8 Å². The maximum atomic E-state index is 13.1. The Morgan fingerprint density at radius 2 is 2.07 bits per heavy atom. The molecule has 7 nitrogen and oxygen atoms in total. The molecule has 150 valence electrons. The Morgan fingerprint density at radius 3 is 2.76 bits per heavy atom. The van der Waals surface area contributed by atoms with Gasteiger partial charge in [0.15, 0.2) is 5.82 Å². The van der Waals surface area contributed by atoms with E-state index < -0.39 is 0 Å². The van der Waals surface area contributed by atoms with Crippen molar-refractivity contribution >= 4 is 17.2 Å². The molecule has 0 N–H and O–H groups in total. The molecule has 0 spiro atoms. The molecule has 2 saturated heterocycles. The van der Waals surface area contributed by atoms with Crippen LogP contribution in [-0.2, 0) is 12.0 Å². The number of hydrogen-bond acceptors (Lipinski definition) is 7. The van der Waals surface area contributed by atoms with E-state index in [1.165, 1.54) is 4.88 Å². The normalized spacial score (nSPS) is 24.2. The molecule has 29 heavy (non-hydrogen) atoms. The average Bonchev–Trinajstić information content (AvgIpc) is 3.47. The number of aryl methyl sites for hydroxylation is 2. The summed E-state index contributed by atoms with van der Waals surface area (Å²) in [6.07, 6.45) is 0. The molecule has 0 radical (unpaired) electrons. The van der Waals surface area contributed by atoms with Crippen LogP contribution >= 0.6 is 11.3 Å². The van der Waals surface area contributed by atoms with Crippen molar-refractivity contribution in [2.45, 2.75) is 25.8 Å². The molecule has 0 aliphatic carbocycles. The molecule has 2 aromatic heterocycles. The second-order valence-electron chi connectivity index (χ2n) is 8.08. The summed E-state index contributed by atoms with van der Waals surface area (Å²) in [6.45, 7) is 7.77. The Bertz CT molecular complexity index is 1030. The van der Waals surface area contributed by atoms with Crippen molar-refractivity contribution in [2.75, 3.05) is 26.2 Å². The first-order valence-corrected chi connectivity index (χ1v) is 10.7. The highest BCUT2D eigenvalue weighted by Gasteiger charge is 2.57. The molecule has 3 aromatic rings. The number of fused-ring (bicyclic) bond motifs is 1. The molecule has 2 atom stereocenters. The third kappa shape index (κ3) is 3.16. The molecular weight excluding hydrogens is 386 g/mol. The van der Waals surface area contributed by atoms with E-state index in [9.17, 15) is 4.79 Å². The zero-order chi connectivity index (χ0) is 20.0. The molecule has 0 bridgehead atoms. The summed E-state index contributed by atoms with van der Waals surface area (Å²) >= 11 is 1.70. The molecule has 8 heteroatoms. The first kappa shape index (κ1) is 18.4. The third-order valence-electron chi connectivity index (χ3n) is 6.15. The summed E-state index contributed by atoms with van der Waals surface area (Å²) in [6, 6.07) is 9.48. The number of hydrogen-bond donors (Lipinski definition) is 0. The lowest BCUT2D eigenvalue weighted by Gasteiger charge is -2.26. The Morgan fingerprint density at radius 1 is 1.24 bits per heavy atom. The van der Waals surface area contributed by atoms with Crippen molar-refractivity contribution in [1.82, 2.24) is 24.9 Å². The van der Waals surface area contributed by atoms with Crippen LogP contribution in [0.25, 0.3) is 0 Å². The topological polar surface area (TPSA) is 75.4 Å². The smallest absolute Gasteiger partial charge is 0.253 e. The van der Waals surface area contributed by atoms with Gasteiger partial charge in [-0.05, 0) is 26.0 Å². The van der Waals surface area contributed by atoms with E-state index in [2.05, 4.69) is 26.9 Å². The average molecular weight is 410 g/mol. The van der Waals surface area contributed by atoms with E-state index in [0.717, 1.165) is 30.9 Å². The zero-order valence-corrected chi connectivity index (χ0v) is 17.4. The molecule has 2 aliphatic heterocycles. The van der Waals surface area contributed by atoms with E-state index in [1.54, 1.807) is 11.3 Å². The maximum absolute atomic E-state index is 13.1. The predicted octanol–water partition coefficient (Wildman–Crippen LogP) is 2.67. The van der Waals surface area contributed by atoms with Gasteiger partial charge in [0.25, 0.3) is 5.91 Å². The number of carbonyl (C=O) groups excluding carboxylic acids is 1. The largest absolute Gasteiger partial charge is 0.339 e. The zero-order valence-electron chi connectivity index (χ0n) is 16.5. The number of nitrogens with zero attached hydrogens (tertiary/aromatic N) is 5. The van der Waals surface area contributed by atoms with Crippen LogP contribution in [-0.4, -0.2) is 57.0 Å². The fourth-order valence-electron chi connectivity index (χ4n) is 4.69. The van der Waals surface area contributed by atoms with Crippen molar-refractivity contribution in [3.8, 4) is 0 Å². The first-order chi connectivity index (χ1) is 14.0. The van der Waals surface area contributed by atoms with Crippen LogP contribution in [0.5, 0.6) is 0 Å². The fraction of sp³-hybridized carbons (Fsp3) is 0.429. The van der Waals surface area contributed by atoms with Gasteiger partial charge in [0.2, 0.25) is 5.89 Å². The van der Waals surface area contributed by atoms with E-state index in [4.69, 9.17) is 4.52 Å². The van der Waals surface area contributed by atoms with Crippen LogP contribution in [0.15, 0.2) is 40.4 Å². The highest BCUT2D eigenvalue weighted by molar-refractivity contribution is 7.09. The van der Waals surface area contributed by atoms with E-state index in [-0.39, 0.29) is 17.2 Å². The van der Waals surface area contributed by atoms with Gasteiger partial charge in [0, 0.05) is 49.1 Å². The summed E-state index contributed by atoms with van der Waals surface area (Å²) < 4.78 is 5.66. The minimum atomic E-state index is -0.315. The van der Waals surface area contributed by atoms with Crippen molar-refractivity contribution in [1.29, 1.82) is 0 Å². The number of benzene rings is 1. The summed E-state index contributed by atoms with van der Waals surface area (Å²) in [7, 11) is 0. The molecule has 1 amide bonds. The lowest BCUT2D eigenvalue weighted by molar-refractivity contribution is 0.0766. The van der Waals surface area contributed by atoms with Gasteiger partial charge in [-0.15, -0.1) is 11.3 Å². The lowest BCUT2D eigenvalue weighted by Crippen LogP contribution is -2.40. The minimum absolute atomic E-state index is 0.0699. The van der Waals surface area contributed by atoms with Crippen LogP contribution in [0.4, 0.5) is 0 Å². The minimum Gasteiger partial charge on any atom is -0.339 e. The Labute approximate surface area is 173 Å². The standard InChI is InChI=1S/C21H23N5O2S/c1-14-18(29-13-22-14)10-25-8-17-9-26(19(27)16-6-4-3-5-7-16)12-21(17,11-25)20-23-15(2)24-28-20/h3-7,13,17H,8-12H2,1-2H3/t17-,21-/m0/s1. The molecule has 1 aromatic carbocycles. The molecule has 4 heterocycles. The van der Waals surface area contributed by atoms with Crippen molar-refractivity contribution in [3.63, 3.8) is 0 Å². The number of aromatic nitrogens is 3. The molecular formula is C21H23N5O2S. The number of carbonyl (C=O) groups is 1. The van der Waals surface area contributed by atoms with Crippen LogP contribution < -0.4 is 0 Å². The van der Waals surface area contributed by atoms with E-state index in [1.807, 2.05) is 47.7 Å². The van der Waals surface area contributed by atoms with E-state index in [0.29, 0.717) is 24.8 Å². The number of rotatable bonds is 4. The second-order valence-corrected chi connectivity index (χ2v) is 9.02.